The van der Waals surface area contributed by atoms with Crippen LogP contribution in [0.1, 0.15) is 26.3 Å². The highest BCUT2D eigenvalue weighted by Crippen LogP contribution is 2.35. The Labute approximate surface area is 175 Å². The Balaban J connectivity index is 1.36. The number of likely N-dealkylation sites (N-methyl/N-ethyl adjacent to an activating group) is 1. The summed E-state index contributed by atoms with van der Waals surface area (Å²) in [6, 6.07) is 12.3. The second-order valence-electron chi connectivity index (χ2n) is 7.55. The molecule has 2 heterocycles. The number of piperazine rings is 1. The van der Waals surface area contributed by atoms with Crippen molar-refractivity contribution in [3.05, 3.63) is 64.9 Å². The molecule has 0 saturated carbocycles. The van der Waals surface area contributed by atoms with Crippen LogP contribution in [0.3, 0.4) is 0 Å². The number of nitrogens with zero attached hydrogens (tertiary/aromatic N) is 2. The fourth-order valence-corrected chi connectivity index (χ4v) is 3.58. The summed E-state index contributed by atoms with van der Waals surface area (Å²) in [6.07, 6.45) is 1.65. The molecule has 7 heteroatoms. The summed E-state index contributed by atoms with van der Waals surface area (Å²) in [7, 11) is 2.14. The number of ketones is 1. The molecule has 2 aromatic rings. The monoisotopic (exact) mass is 407 g/mol. The van der Waals surface area contributed by atoms with Crippen LogP contribution >= 0.6 is 0 Å². The fraction of sp³-hybridized carbons (Fsp3) is 0.304. The molecule has 156 valence electrons. The first-order valence-electron chi connectivity index (χ1n) is 10.0. The van der Waals surface area contributed by atoms with Gasteiger partial charge in [0.1, 0.15) is 12.4 Å². The Morgan fingerprint density at radius 1 is 1.13 bits per heavy atom. The number of primary amides is 1. The normalized spacial score (nSPS) is 18.3. The van der Waals surface area contributed by atoms with Gasteiger partial charge in [0.15, 0.2) is 11.5 Å². The standard InChI is InChI=1S/C23H25N3O4/c1-25-9-11-26(12-10-25)13-14-29-17-7-5-16(6-8-17)15-20-21(27)18-3-2-4-19(23(24)28)22(18)30-20/h2-8,15H,9-14H2,1H3,(H2,24,28)/b20-15-. The Bertz CT molecular complexity index is 976. The molecule has 0 aromatic heterocycles. The van der Waals surface area contributed by atoms with Gasteiger partial charge in [0, 0.05) is 32.7 Å². The zero-order valence-electron chi connectivity index (χ0n) is 17.0. The van der Waals surface area contributed by atoms with Gasteiger partial charge in [0.05, 0.1) is 11.1 Å². The average Bonchev–Trinajstić information content (AvgIpc) is 3.06. The van der Waals surface area contributed by atoms with Gasteiger partial charge >= 0.3 is 0 Å². The maximum Gasteiger partial charge on any atom is 0.252 e. The van der Waals surface area contributed by atoms with Crippen LogP contribution in [-0.2, 0) is 0 Å². The zero-order chi connectivity index (χ0) is 21.1. The molecule has 0 bridgehead atoms. The largest absolute Gasteiger partial charge is 0.492 e. The summed E-state index contributed by atoms with van der Waals surface area (Å²) >= 11 is 0. The highest BCUT2D eigenvalue weighted by molar-refractivity contribution is 6.16. The molecule has 0 spiro atoms. The van der Waals surface area contributed by atoms with Crippen LogP contribution in [0.2, 0.25) is 0 Å². The lowest BCUT2D eigenvalue weighted by Crippen LogP contribution is -2.45. The third kappa shape index (κ3) is 4.37. The van der Waals surface area contributed by atoms with Gasteiger partial charge in [-0.3, -0.25) is 14.5 Å². The summed E-state index contributed by atoms with van der Waals surface area (Å²) in [4.78, 5) is 28.9. The maximum atomic E-state index is 12.6. The van der Waals surface area contributed by atoms with Crippen LogP contribution in [-0.4, -0.2) is 67.9 Å². The predicted octanol–water partition coefficient (Wildman–Crippen LogP) is 2.03. The van der Waals surface area contributed by atoms with Crippen molar-refractivity contribution < 1.29 is 19.1 Å². The number of allylic oxidation sites excluding steroid dienone is 1. The number of ether oxygens (including phenoxy) is 2. The topological polar surface area (TPSA) is 85.1 Å². The Kier molecular flexibility index (Phi) is 5.83. The van der Waals surface area contributed by atoms with E-state index in [0.29, 0.717) is 12.2 Å². The molecule has 2 aliphatic rings. The minimum Gasteiger partial charge on any atom is -0.492 e. The van der Waals surface area contributed by atoms with E-state index in [9.17, 15) is 9.59 Å². The summed E-state index contributed by atoms with van der Waals surface area (Å²) in [5.41, 5.74) is 6.73. The first kappa shape index (κ1) is 20.1. The molecule has 1 fully saturated rings. The molecule has 7 nitrogen and oxygen atoms in total. The van der Waals surface area contributed by atoms with E-state index < -0.39 is 5.91 Å². The summed E-state index contributed by atoms with van der Waals surface area (Å²) in [5, 5.41) is 0. The highest BCUT2D eigenvalue weighted by Gasteiger charge is 2.30. The minimum atomic E-state index is -0.626. The van der Waals surface area contributed by atoms with E-state index in [4.69, 9.17) is 15.2 Å². The molecular formula is C23H25N3O4. The van der Waals surface area contributed by atoms with Crippen LogP contribution in [0.5, 0.6) is 11.5 Å². The van der Waals surface area contributed by atoms with E-state index in [0.717, 1.165) is 44.0 Å². The number of rotatable bonds is 6. The van der Waals surface area contributed by atoms with Gasteiger partial charge in [-0.05, 0) is 43.0 Å². The predicted molar refractivity (Wildman–Crippen MR) is 114 cm³/mol. The lowest BCUT2D eigenvalue weighted by Gasteiger charge is -2.32. The molecule has 4 rings (SSSR count). The highest BCUT2D eigenvalue weighted by atomic mass is 16.5. The number of nitrogens with two attached hydrogens (primary N) is 1. The van der Waals surface area contributed by atoms with E-state index >= 15 is 0 Å². The molecule has 2 N–H and O–H groups in total. The van der Waals surface area contributed by atoms with Gasteiger partial charge in [-0.25, -0.2) is 0 Å². The Morgan fingerprint density at radius 3 is 2.57 bits per heavy atom. The second-order valence-corrected chi connectivity index (χ2v) is 7.55. The first-order valence-corrected chi connectivity index (χ1v) is 10.0. The Hall–Kier alpha value is -3.16. The number of amides is 1. The average molecular weight is 407 g/mol. The zero-order valence-corrected chi connectivity index (χ0v) is 17.0. The number of Topliss-reactive ketones (excluding diaryl/α,β-unsaturated/α-hetero) is 1. The number of hydrogen-bond acceptors (Lipinski definition) is 6. The lowest BCUT2D eigenvalue weighted by molar-refractivity contribution is 0.0991. The van der Waals surface area contributed by atoms with Gasteiger partial charge in [0.2, 0.25) is 5.78 Å². The van der Waals surface area contributed by atoms with Crippen molar-refractivity contribution in [1.82, 2.24) is 9.80 Å². The van der Waals surface area contributed by atoms with Gasteiger partial charge in [-0.15, -0.1) is 0 Å². The van der Waals surface area contributed by atoms with E-state index in [2.05, 4.69) is 16.8 Å². The number of carbonyl (C=O) groups excluding carboxylic acids is 2. The van der Waals surface area contributed by atoms with Crippen molar-refractivity contribution >= 4 is 17.8 Å². The number of carbonyl (C=O) groups is 2. The Morgan fingerprint density at radius 2 is 1.87 bits per heavy atom. The lowest BCUT2D eigenvalue weighted by atomic mass is 10.1. The summed E-state index contributed by atoms with van der Waals surface area (Å²) in [6.45, 7) is 5.86. The van der Waals surface area contributed by atoms with Crippen LogP contribution < -0.4 is 15.2 Å². The van der Waals surface area contributed by atoms with Crippen LogP contribution in [0, 0.1) is 0 Å². The van der Waals surface area contributed by atoms with Crippen molar-refractivity contribution in [2.45, 2.75) is 0 Å². The van der Waals surface area contributed by atoms with Crippen LogP contribution in [0.25, 0.3) is 6.08 Å². The van der Waals surface area contributed by atoms with Crippen molar-refractivity contribution in [2.24, 2.45) is 5.73 Å². The molecule has 2 aliphatic heterocycles. The quantitative estimate of drug-likeness (QED) is 0.738. The van der Waals surface area contributed by atoms with Gasteiger partial charge in [-0.2, -0.15) is 0 Å². The van der Waals surface area contributed by atoms with E-state index in [-0.39, 0.29) is 22.9 Å². The summed E-state index contributed by atoms with van der Waals surface area (Å²) < 4.78 is 11.5. The molecule has 2 aromatic carbocycles. The molecule has 0 unspecified atom stereocenters. The number of benzene rings is 2. The van der Waals surface area contributed by atoms with Crippen LogP contribution in [0.4, 0.5) is 0 Å². The van der Waals surface area contributed by atoms with Crippen LogP contribution in [0.15, 0.2) is 48.2 Å². The smallest absolute Gasteiger partial charge is 0.252 e. The molecule has 0 atom stereocenters. The second kappa shape index (κ2) is 8.69. The summed E-state index contributed by atoms with van der Waals surface area (Å²) in [5.74, 6) is 0.288. The molecule has 1 saturated heterocycles. The molecule has 30 heavy (non-hydrogen) atoms. The molecular weight excluding hydrogens is 382 g/mol. The van der Waals surface area contributed by atoms with E-state index in [1.165, 1.54) is 0 Å². The van der Waals surface area contributed by atoms with Crippen molar-refractivity contribution in [1.29, 1.82) is 0 Å². The number of fused-ring (bicyclic) bond motifs is 1. The van der Waals surface area contributed by atoms with Gasteiger partial charge in [-0.1, -0.05) is 18.2 Å². The van der Waals surface area contributed by atoms with Gasteiger partial charge < -0.3 is 20.1 Å². The number of hydrogen-bond donors (Lipinski definition) is 1. The SMILES string of the molecule is CN1CCN(CCOc2ccc(/C=C3\Oc4c(C(N)=O)cccc4C3=O)cc2)CC1. The third-order valence-electron chi connectivity index (χ3n) is 5.41. The van der Waals surface area contributed by atoms with Crippen molar-refractivity contribution in [2.75, 3.05) is 46.4 Å². The van der Waals surface area contributed by atoms with Crippen molar-refractivity contribution in [3.8, 4) is 11.5 Å². The fourth-order valence-electron chi connectivity index (χ4n) is 3.58. The minimum absolute atomic E-state index is 0.169. The van der Waals surface area contributed by atoms with Crippen molar-refractivity contribution in [3.63, 3.8) is 0 Å². The maximum absolute atomic E-state index is 12.6. The van der Waals surface area contributed by atoms with E-state index in [1.807, 2.05) is 24.3 Å². The molecule has 0 aliphatic carbocycles. The molecule has 0 radical (unpaired) electrons. The van der Waals surface area contributed by atoms with E-state index in [1.54, 1.807) is 24.3 Å². The first-order chi connectivity index (χ1) is 14.5. The third-order valence-corrected chi connectivity index (χ3v) is 5.41. The molecule has 1 amide bonds. The van der Waals surface area contributed by atoms with Gasteiger partial charge in [0.25, 0.3) is 5.91 Å². The number of para-hydroxylation sites is 1.